The molecule has 0 N–H and O–H groups in total. The summed E-state index contributed by atoms with van der Waals surface area (Å²) in [6.45, 7) is 1.89. The van der Waals surface area contributed by atoms with Gasteiger partial charge in [-0.3, -0.25) is 0 Å². The average molecular weight is 224 g/mol. The minimum atomic E-state index is -3.15. The molecule has 0 saturated heterocycles. The van der Waals surface area contributed by atoms with Gasteiger partial charge in [0.15, 0.2) is 9.84 Å². The van der Waals surface area contributed by atoms with Gasteiger partial charge in [-0.05, 0) is 25.1 Å². The summed E-state index contributed by atoms with van der Waals surface area (Å²) in [7, 11) is -1.24. The van der Waals surface area contributed by atoms with E-state index in [1.54, 1.807) is 18.2 Å². The van der Waals surface area contributed by atoms with Gasteiger partial charge in [0.1, 0.15) is 5.82 Å². The Morgan fingerprint density at radius 2 is 2.00 bits per heavy atom. The van der Waals surface area contributed by atoms with Crippen LogP contribution in [0, 0.1) is 6.92 Å². The number of benzene rings is 1. The summed E-state index contributed by atoms with van der Waals surface area (Å²) in [4.78, 5) is 4.60. The third-order valence-electron chi connectivity index (χ3n) is 2.50. The third-order valence-corrected chi connectivity index (χ3v) is 3.61. The highest BCUT2D eigenvalue weighted by Crippen LogP contribution is 2.18. The van der Waals surface area contributed by atoms with Crippen molar-refractivity contribution in [3.8, 4) is 0 Å². The molecule has 2 rings (SSSR count). The summed E-state index contributed by atoms with van der Waals surface area (Å²) in [5.41, 5.74) is 1.66. The molecule has 0 aliphatic carbocycles. The second-order valence-corrected chi connectivity index (χ2v) is 5.66. The zero-order valence-corrected chi connectivity index (χ0v) is 9.67. The lowest BCUT2D eigenvalue weighted by atomic mass is 10.3. The monoisotopic (exact) mass is 224 g/mol. The van der Waals surface area contributed by atoms with Crippen molar-refractivity contribution in [1.29, 1.82) is 0 Å². The van der Waals surface area contributed by atoms with E-state index >= 15 is 0 Å². The van der Waals surface area contributed by atoms with Gasteiger partial charge in [0.05, 0.1) is 15.9 Å². The molecule has 0 fully saturated rings. The fourth-order valence-electron chi connectivity index (χ4n) is 1.53. The molecule has 0 unspecified atom stereocenters. The number of aromatic nitrogens is 2. The van der Waals surface area contributed by atoms with E-state index in [9.17, 15) is 8.42 Å². The van der Waals surface area contributed by atoms with Crippen molar-refractivity contribution in [2.75, 3.05) is 6.26 Å². The van der Waals surface area contributed by atoms with Crippen LogP contribution in [0.4, 0.5) is 0 Å². The molecule has 0 atom stereocenters. The van der Waals surface area contributed by atoms with Crippen molar-refractivity contribution in [2.45, 2.75) is 11.8 Å². The summed E-state index contributed by atoms with van der Waals surface area (Å²) in [6.07, 6.45) is 1.20. The molecule has 80 valence electrons. The number of hydrogen-bond acceptors (Lipinski definition) is 3. The summed E-state index contributed by atoms with van der Waals surface area (Å²) in [5, 5.41) is 0. The smallest absolute Gasteiger partial charge is 0.175 e. The molecule has 1 aromatic heterocycles. The van der Waals surface area contributed by atoms with Crippen molar-refractivity contribution < 1.29 is 8.42 Å². The Labute approximate surface area is 88.5 Å². The molecule has 0 aliphatic heterocycles. The van der Waals surface area contributed by atoms with E-state index in [1.807, 2.05) is 18.5 Å². The van der Waals surface area contributed by atoms with Crippen molar-refractivity contribution in [3.63, 3.8) is 0 Å². The lowest BCUT2D eigenvalue weighted by Crippen LogP contribution is -1.96. The fourth-order valence-corrected chi connectivity index (χ4v) is 2.17. The first-order valence-corrected chi connectivity index (χ1v) is 6.42. The Morgan fingerprint density at radius 3 is 2.60 bits per heavy atom. The molecule has 1 aromatic carbocycles. The molecular formula is C10H12N2O2S. The standard InChI is InChI=1S/C10H12N2O2S/c1-7-11-9-6-8(15(3,13)14)4-5-10(9)12(7)2/h4-6H,1-3H3. The molecule has 15 heavy (non-hydrogen) atoms. The van der Waals surface area contributed by atoms with Crippen LogP contribution in [-0.2, 0) is 16.9 Å². The fraction of sp³-hybridized carbons (Fsp3) is 0.300. The van der Waals surface area contributed by atoms with Crippen LogP contribution in [0.25, 0.3) is 11.0 Å². The quantitative estimate of drug-likeness (QED) is 0.733. The van der Waals surface area contributed by atoms with Crippen LogP contribution >= 0.6 is 0 Å². The van der Waals surface area contributed by atoms with Gasteiger partial charge in [0, 0.05) is 13.3 Å². The molecule has 0 aliphatic rings. The van der Waals surface area contributed by atoms with Crippen molar-refractivity contribution in [1.82, 2.24) is 9.55 Å². The van der Waals surface area contributed by atoms with E-state index in [0.29, 0.717) is 4.90 Å². The predicted octanol–water partition coefficient (Wildman–Crippen LogP) is 1.29. The van der Waals surface area contributed by atoms with Crippen LogP contribution < -0.4 is 0 Å². The number of rotatable bonds is 1. The molecular weight excluding hydrogens is 212 g/mol. The van der Waals surface area contributed by atoms with Crippen LogP contribution in [0.3, 0.4) is 0 Å². The van der Waals surface area contributed by atoms with Crippen LogP contribution in [0.2, 0.25) is 0 Å². The molecule has 0 radical (unpaired) electrons. The van der Waals surface area contributed by atoms with Crippen molar-refractivity contribution in [3.05, 3.63) is 24.0 Å². The Balaban J connectivity index is 2.78. The number of nitrogens with zero attached hydrogens (tertiary/aromatic N) is 2. The summed E-state index contributed by atoms with van der Waals surface area (Å²) >= 11 is 0. The lowest BCUT2D eigenvalue weighted by molar-refractivity contribution is 0.602. The maximum atomic E-state index is 11.3. The molecule has 0 amide bonds. The highest BCUT2D eigenvalue weighted by molar-refractivity contribution is 7.90. The number of fused-ring (bicyclic) bond motifs is 1. The van der Waals surface area contributed by atoms with Crippen LogP contribution in [-0.4, -0.2) is 24.2 Å². The first-order valence-electron chi connectivity index (χ1n) is 4.53. The van der Waals surface area contributed by atoms with Gasteiger partial charge >= 0.3 is 0 Å². The zero-order valence-electron chi connectivity index (χ0n) is 8.85. The van der Waals surface area contributed by atoms with Gasteiger partial charge in [0.2, 0.25) is 0 Å². The minimum absolute atomic E-state index is 0.313. The predicted molar refractivity (Wildman–Crippen MR) is 58.6 cm³/mol. The van der Waals surface area contributed by atoms with E-state index in [-0.39, 0.29) is 0 Å². The topological polar surface area (TPSA) is 52.0 Å². The van der Waals surface area contributed by atoms with E-state index in [1.165, 1.54) is 6.26 Å². The van der Waals surface area contributed by atoms with Gasteiger partial charge in [-0.15, -0.1) is 0 Å². The lowest BCUT2D eigenvalue weighted by Gasteiger charge is -1.98. The van der Waals surface area contributed by atoms with Crippen molar-refractivity contribution in [2.24, 2.45) is 7.05 Å². The van der Waals surface area contributed by atoms with E-state index < -0.39 is 9.84 Å². The minimum Gasteiger partial charge on any atom is -0.331 e. The Hall–Kier alpha value is -1.36. The second-order valence-electron chi connectivity index (χ2n) is 3.64. The Bertz CT molecular complexity index is 626. The third kappa shape index (κ3) is 1.63. The van der Waals surface area contributed by atoms with Crippen molar-refractivity contribution >= 4 is 20.9 Å². The molecule has 0 spiro atoms. The largest absolute Gasteiger partial charge is 0.331 e. The van der Waals surface area contributed by atoms with Crippen LogP contribution in [0.5, 0.6) is 0 Å². The maximum Gasteiger partial charge on any atom is 0.175 e. The molecule has 0 saturated carbocycles. The molecule has 1 heterocycles. The zero-order chi connectivity index (χ0) is 11.2. The average Bonchev–Trinajstić information content (AvgIpc) is 2.41. The second kappa shape index (κ2) is 3.06. The van der Waals surface area contributed by atoms with Crippen LogP contribution in [0.15, 0.2) is 23.1 Å². The van der Waals surface area contributed by atoms with E-state index in [0.717, 1.165) is 16.9 Å². The first kappa shape index (κ1) is 10.2. The summed E-state index contributed by atoms with van der Waals surface area (Å²) in [5.74, 6) is 0.871. The first-order chi connectivity index (χ1) is 6.89. The molecule has 0 bridgehead atoms. The Morgan fingerprint density at radius 1 is 1.33 bits per heavy atom. The molecule has 4 nitrogen and oxygen atoms in total. The maximum absolute atomic E-state index is 11.3. The van der Waals surface area contributed by atoms with Gasteiger partial charge in [-0.25, -0.2) is 13.4 Å². The number of aryl methyl sites for hydroxylation is 2. The number of sulfone groups is 1. The van der Waals surface area contributed by atoms with Gasteiger partial charge in [-0.1, -0.05) is 0 Å². The normalized spacial score (nSPS) is 12.2. The molecule has 2 aromatic rings. The van der Waals surface area contributed by atoms with Gasteiger partial charge in [-0.2, -0.15) is 0 Å². The summed E-state index contributed by atoms with van der Waals surface area (Å²) in [6, 6.07) is 5.00. The van der Waals surface area contributed by atoms with E-state index in [2.05, 4.69) is 4.98 Å². The highest BCUT2D eigenvalue weighted by atomic mass is 32.2. The molecule has 5 heteroatoms. The summed E-state index contributed by atoms with van der Waals surface area (Å²) < 4.78 is 24.6. The van der Waals surface area contributed by atoms with Crippen LogP contribution in [0.1, 0.15) is 5.82 Å². The SMILES string of the molecule is Cc1nc2cc(S(C)(=O)=O)ccc2n1C. The number of imidazole rings is 1. The van der Waals surface area contributed by atoms with Gasteiger partial charge in [0.25, 0.3) is 0 Å². The highest BCUT2D eigenvalue weighted by Gasteiger charge is 2.10. The van der Waals surface area contributed by atoms with Gasteiger partial charge < -0.3 is 4.57 Å². The Kier molecular flexibility index (Phi) is 2.08. The van der Waals surface area contributed by atoms with E-state index in [4.69, 9.17) is 0 Å². The number of hydrogen-bond donors (Lipinski definition) is 0.